The molecular formula is C10H24N2. The highest BCUT2D eigenvalue weighted by atomic mass is 15.6. The molecule has 0 bridgehead atoms. The van der Waals surface area contributed by atoms with Gasteiger partial charge in [0.1, 0.15) is 0 Å². The molecule has 2 nitrogen and oxygen atoms in total. The van der Waals surface area contributed by atoms with Crippen LogP contribution >= 0.6 is 0 Å². The van der Waals surface area contributed by atoms with Crippen LogP contribution in [0.2, 0.25) is 0 Å². The van der Waals surface area contributed by atoms with E-state index in [4.69, 9.17) is 0 Å². The summed E-state index contributed by atoms with van der Waals surface area (Å²) in [6, 6.07) is 1.19. The number of rotatable bonds is 4. The Labute approximate surface area is 77.5 Å². The summed E-state index contributed by atoms with van der Waals surface area (Å²) in [5, 5.41) is 4.60. The van der Waals surface area contributed by atoms with Gasteiger partial charge in [0.15, 0.2) is 0 Å². The maximum Gasteiger partial charge on any atom is 0.0243 e. The molecule has 0 aromatic carbocycles. The summed E-state index contributed by atoms with van der Waals surface area (Å²) < 4.78 is 0. The molecule has 74 valence electrons. The monoisotopic (exact) mass is 172 g/mol. The quantitative estimate of drug-likeness (QED) is 0.600. The Kier molecular flexibility index (Phi) is 4.80. The summed E-state index contributed by atoms with van der Waals surface area (Å²) >= 11 is 0. The second-order valence-corrected chi connectivity index (χ2v) is 4.31. The summed E-state index contributed by atoms with van der Waals surface area (Å²) in [6.45, 7) is 11.3. The Hall–Kier alpha value is -0.0800. The minimum Gasteiger partial charge on any atom is -0.247 e. The van der Waals surface area contributed by atoms with Crippen LogP contribution in [0.15, 0.2) is 0 Å². The van der Waals surface area contributed by atoms with E-state index in [1.807, 2.05) is 0 Å². The smallest absolute Gasteiger partial charge is 0.0243 e. The lowest BCUT2D eigenvalue weighted by Crippen LogP contribution is -2.49. The molecule has 0 aliphatic rings. The lowest BCUT2D eigenvalue weighted by atomic mass is 10.1. The Morgan fingerprint density at radius 1 is 0.833 bits per heavy atom. The minimum absolute atomic E-state index is 0.581. The van der Waals surface area contributed by atoms with E-state index in [2.05, 4.69) is 58.7 Å². The van der Waals surface area contributed by atoms with Crippen molar-refractivity contribution in [2.75, 3.05) is 14.1 Å². The molecule has 1 atom stereocenters. The van der Waals surface area contributed by atoms with Crippen molar-refractivity contribution < 1.29 is 0 Å². The molecule has 0 aliphatic heterocycles. The van der Waals surface area contributed by atoms with Crippen LogP contribution in [0.1, 0.15) is 34.6 Å². The maximum absolute atomic E-state index is 2.41. The van der Waals surface area contributed by atoms with Gasteiger partial charge in [0.25, 0.3) is 0 Å². The molecule has 0 saturated carbocycles. The van der Waals surface area contributed by atoms with Crippen LogP contribution in [0.5, 0.6) is 0 Å². The van der Waals surface area contributed by atoms with Gasteiger partial charge < -0.3 is 0 Å². The molecule has 0 radical (unpaired) electrons. The predicted octanol–water partition coefficient (Wildman–Crippen LogP) is 2.22. The standard InChI is InChI=1S/C10H24N2/c1-8(2)10(5)12(9(3)4)11(6)7/h8-10H,1-7H3. The molecule has 0 spiro atoms. The van der Waals surface area contributed by atoms with E-state index in [0.717, 1.165) is 0 Å². The predicted molar refractivity (Wildman–Crippen MR) is 55.0 cm³/mol. The third-order valence-corrected chi connectivity index (χ3v) is 2.37. The third kappa shape index (κ3) is 3.11. The van der Waals surface area contributed by atoms with Crippen LogP contribution < -0.4 is 0 Å². The zero-order chi connectivity index (χ0) is 9.89. The maximum atomic E-state index is 2.41. The molecule has 0 heterocycles. The van der Waals surface area contributed by atoms with Crippen LogP contribution in [0.3, 0.4) is 0 Å². The average molecular weight is 172 g/mol. The van der Waals surface area contributed by atoms with Gasteiger partial charge in [-0.3, -0.25) is 0 Å². The van der Waals surface area contributed by atoms with E-state index in [0.29, 0.717) is 18.0 Å². The molecule has 0 rings (SSSR count). The van der Waals surface area contributed by atoms with Crippen molar-refractivity contribution in [3.8, 4) is 0 Å². The third-order valence-electron chi connectivity index (χ3n) is 2.37. The highest BCUT2D eigenvalue weighted by Gasteiger charge is 2.21. The first-order valence-electron chi connectivity index (χ1n) is 4.83. The van der Waals surface area contributed by atoms with Crippen LogP contribution in [-0.2, 0) is 0 Å². The summed E-state index contributed by atoms with van der Waals surface area (Å²) in [5.41, 5.74) is 0. The Bertz CT molecular complexity index is 111. The van der Waals surface area contributed by atoms with Gasteiger partial charge in [-0.25, -0.2) is 10.0 Å². The SMILES string of the molecule is CC(C)C(C)N(C(C)C)N(C)C. The number of hydrazine groups is 1. The highest BCUT2D eigenvalue weighted by Crippen LogP contribution is 2.14. The fourth-order valence-corrected chi connectivity index (χ4v) is 1.60. The van der Waals surface area contributed by atoms with Crippen molar-refractivity contribution in [3.05, 3.63) is 0 Å². The molecule has 12 heavy (non-hydrogen) atoms. The van der Waals surface area contributed by atoms with E-state index < -0.39 is 0 Å². The Morgan fingerprint density at radius 3 is 1.33 bits per heavy atom. The molecule has 0 aromatic heterocycles. The van der Waals surface area contributed by atoms with Gasteiger partial charge in [-0.15, -0.1) is 0 Å². The van der Waals surface area contributed by atoms with Gasteiger partial charge >= 0.3 is 0 Å². The van der Waals surface area contributed by atoms with Gasteiger partial charge in [-0.05, 0) is 26.7 Å². The number of nitrogens with zero attached hydrogens (tertiary/aromatic N) is 2. The molecule has 0 N–H and O–H groups in total. The Morgan fingerprint density at radius 2 is 1.25 bits per heavy atom. The molecule has 0 amide bonds. The lowest BCUT2D eigenvalue weighted by molar-refractivity contribution is -0.0552. The van der Waals surface area contributed by atoms with Crippen LogP contribution in [0, 0.1) is 5.92 Å². The highest BCUT2D eigenvalue weighted by molar-refractivity contribution is 4.69. The molecule has 0 saturated heterocycles. The van der Waals surface area contributed by atoms with Gasteiger partial charge in [0, 0.05) is 26.2 Å². The molecule has 0 aliphatic carbocycles. The normalized spacial score (nSPS) is 15.2. The summed E-state index contributed by atoms with van der Waals surface area (Å²) in [4.78, 5) is 0. The zero-order valence-corrected chi connectivity index (χ0v) is 9.63. The minimum atomic E-state index is 0.581. The van der Waals surface area contributed by atoms with E-state index in [-0.39, 0.29) is 0 Å². The summed E-state index contributed by atoms with van der Waals surface area (Å²) in [5.74, 6) is 0.704. The van der Waals surface area contributed by atoms with Crippen molar-refractivity contribution >= 4 is 0 Å². The summed E-state index contributed by atoms with van der Waals surface area (Å²) in [7, 11) is 4.22. The molecule has 1 unspecified atom stereocenters. The van der Waals surface area contributed by atoms with Gasteiger partial charge in [0.05, 0.1) is 0 Å². The first-order chi connectivity index (χ1) is 5.37. The molecular weight excluding hydrogens is 148 g/mol. The van der Waals surface area contributed by atoms with Crippen LogP contribution in [0.25, 0.3) is 0 Å². The van der Waals surface area contributed by atoms with Crippen molar-refractivity contribution in [2.45, 2.75) is 46.7 Å². The number of hydrogen-bond donors (Lipinski definition) is 0. The fourth-order valence-electron chi connectivity index (χ4n) is 1.60. The van der Waals surface area contributed by atoms with Crippen molar-refractivity contribution in [1.82, 2.24) is 10.0 Å². The average Bonchev–Trinajstić information content (AvgIpc) is 1.85. The second-order valence-electron chi connectivity index (χ2n) is 4.31. The van der Waals surface area contributed by atoms with E-state index in [9.17, 15) is 0 Å². The molecule has 0 aromatic rings. The molecule has 0 fully saturated rings. The Balaban J connectivity index is 4.30. The van der Waals surface area contributed by atoms with Gasteiger partial charge in [-0.2, -0.15) is 0 Å². The van der Waals surface area contributed by atoms with Crippen LogP contribution in [-0.4, -0.2) is 36.2 Å². The topological polar surface area (TPSA) is 6.48 Å². The van der Waals surface area contributed by atoms with E-state index in [1.165, 1.54) is 0 Å². The van der Waals surface area contributed by atoms with Gasteiger partial charge in [0.2, 0.25) is 0 Å². The second kappa shape index (κ2) is 4.83. The van der Waals surface area contributed by atoms with Crippen molar-refractivity contribution in [3.63, 3.8) is 0 Å². The zero-order valence-electron chi connectivity index (χ0n) is 9.63. The first-order valence-corrected chi connectivity index (χ1v) is 4.83. The van der Waals surface area contributed by atoms with E-state index in [1.54, 1.807) is 0 Å². The summed E-state index contributed by atoms with van der Waals surface area (Å²) in [6.07, 6.45) is 0. The fraction of sp³-hybridized carbons (Fsp3) is 1.00. The first kappa shape index (κ1) is 11.9. The van der Waals surface area contributed by atoms with Crippen molar-refractivity contribution in [1.29, 1.82) is 0 Å². The van der Waals surface area contributed by atoms with Crippen LogP contribution in [0.4, 0.5) is 0 Å². The lowest BCUT2D eigenvalue weighted by Gasteiger charge is -2.39. The van der Waals surface area contributed by atoms with Gasteiger partial charge in [-0.1, -0.05) is 13.8 Å². The van der Waals surface area contributed by atoms with Crippen molar-refractivity contribution in [2.24, 2.45) is 5.92 Å². The largest absolute Gasteiger partial charge is 0.247 e. The number of hydrogen-bond acceptors (Lipinski definition) is 2. The molecule has 2 heteroatoms. The van der Waals surface area contributed by atoms with E-state index >= 15 is 0 Å².